The highest BCUT2D eigenvalue weighted by molar-refractivity contribution is 7.92. The summed E-state index contributed by atoms with van der Waals surface area (Å²) in [6, 6.07) is 9.65. The number of ether oxygens (including phenoxy) is 1. The largest absolute Gasteiger partial charge is 0.497 e. The van der Waals surface area contributed by atoms with Gasteiger partial charge in [-0.15, -0.1) is 12.4 Å². The Bertz CT molecular complexity index is 1160. The third-order valence-corrected chi connectivity index (χ3v) is 7.88. The van der Waals surface area contributed by atoms with Gasteiger partial charge in [-0.05, 0) is 56.9 Å². The zero-order valence-electron chi connectivity index (χ0n) is 18.2. The van der Waals surface area contributed by atoms with Gasteiger partial charge >= 0.3 is 0 Å². The van der Waals surface area contributed by atoms with E-state index >= 15 is 0 Å². The minimum Gasteiger partial charge on any atom is -0.497 e. The van der Waals surface area contributed by atoms with Gasteiger partial charge in [0.05, 0.1) is 27.2 Å². The third kappa shape index (κ3) is 5.90. The van der Waals surface area contributed by atoms with Crippen molar-refractivity contribution in [1.82, 2.24) is 9.88 Å². The summed E-state index contributed by atoms with van der Waals surface area (Å²) in [7, 11) is 1.44. The number of amides is 1. The molecule has 1 aromatic heterocycles. The molecule has 3 aromatic rings. The van der Waals surface area contributed by atoms with Gasteiger partial charge in [-0.25, -0.2) is 13.4 Å². The molecule has 0 fully saturated rings. The molecule has 11 heteroatoms. The number of nitrogens with zero attached hydrogens (tertiary/aromatic N) is 3. The standard InChI is InChI=1S/C21H24ClN3O4S2.ClH/c1-14-5-10-17(22)20-19(14)23-21(30-20)25(12-11-24(2)3)18(26)13-31(27,28)16-8-6-15(29-4)7-9-16;/h5-10H,11-13H2,1-4H3;1H. The van der Waals surface area contributed by atoms with Crippen LogP contribution in [0, 0.1) is 6.92 Å². The number of benzene rings is 2. The van der Waals surface area contributed by atoms with E-state index in [4.69, 9.17) is 16.3 Å². The number of carbonyl (C=O) groups is 1. The van der Waals surface area contributed by atoms with Gasteiger partial charge in [0.25, 0.3) is 0 Å². The molecule has 0 atom stereocenters. The molecule has 0 spiro atoms. The molecule has 0 saturated carbocycles. The minimum atomic E-state index is -3.83. The number of carbonyl (C=O) groups excluding carboxylic acids is 1. The maximum atomic E-state index is 13.2. The van der Waals surface area contributed by atoms with Gasteiger partial charge < -0.3 is 9.64 Å². The fourth-order valence-corrected chi connectivity index (χ4v) is 5.50. The van der Waals surface area contributed by atoms with Crippen molar-refractivity contribution in [2.75, 3.05) is 44.9 Å². The van der Waals surface area contributed by atoms with Crippen LogP contribution in [0.15, 0.2) is 41.3 Å². The number of fused-ring (bicyclic) bond motifs is 1. The van der Waals surface area contributed by atoms with Gasteiger partial charge in [0.15, 0.2) is 15.0 Å². The number of sulfone groups is 1. The van der Waals surface area contributed by atoms with E-state index in [-0.39, 0.29) is 17.3 Å². The maximum absolute atomic E-state index is 13.2. The minimum absolute atomic E-state index is 0. The Labute approximate surface area is 203 Å². The summed E-state index contributed by atoms with van der Waals surface area (Å²) >= 11 is 7.60. The number of anilines is 1. The summed E-state index contributed by atoms with van der Waals surface area (Å²) in [6.07, 6.45) is 0. The van der Waals surface area contributed by atoms with Crippen molar-refractivity contribution < 1.29 is 17.9 Å². The van der Waals surface area contributed by atoms with E-state index in [1.165, 1.54) is 35.5 Å². The predicted octanol–water partition coefficient (Wildman–Crippen LogP) is 4.06. The number of rotatable bonds is 8. The zero-order chi connectivity index (χ0) is 22.8. The number of likely N-dealkylation sites (N-methyl/N-ethyl adjacent to an activating group) is 1. The summed E-state index contributed by atoms with van der Waals surface area (Å²) in [5.41, 5.74) is 1.65. The first kappa shape index (κ1) is 26.3. The molecule has 0 aliphatic carbocycles. The molecule has 7 nitrogen and oxygen atoms in total. The van der Waals surface area contributed by atoms with Crippen molar-refractivity contribution in [3.63, 3.8) is 0 Å². The number of hydrogen-bond acceptors (Lipinski definition) is 7. The lowest BCUT2D eigenvalue weighted by molar-refractivity contribution is -0.116. The van der Waals surface area contributed by atoms with Gasteiger partial charge in [0.1, 0.15) is 11.5 Å². The van der Waals surface area contributed by atoms with E-state index in [1.54, 1.807) is 18.2 Å². The molecule has 0 radical (unpaired) electrons. The van der Waals surface area contributed by atoms with E-state index < -0.39 is 21.5 Å². The first-order valence-corrected chi connectivity index (χ1v) is 12.3. The number of halogens is 2. The van der Waals surface area contributed by atoms with Crippen molar-refractivity contribution in [2.24, 2.45) is 0 Å². The smallest absolute Gasteiger partial charge is 0.244 e. The fraction of sp³-hybridized carbons (Fsp3) is 0.333. The Morgan fingerprint density at radius 3 is 2.34 bits per heavy atom. The highest BCUT2D eigenvalue weighted by Gasteiger charge is 2.27. The summed E-state index contributed by atoms with van der Waals surface area (Å²) in [5, 5.41) is 0.984. The van der Waals surface area contributed by atoms with Crippen LogP contribution in [-0.2, 0) is 14.6 Å². The number of thiazole rings is 1. The number of hydrogen-bond donors (Lipinski definition) is 0. The van der Waals surface area contributed by atoms with Crippen LogP contribution >= 0.6 is 35.3 Å². The van der Waals surface area contributed by atoms with Crippen LogP contribution in [0.3, 0.4) is 0 Å². The van der Waals surface area contributed by atoms with Gasteiger partial charge in [0.2, 0.25) is 5.91 Å². The summed E-state index contributed by atoms with van der Waals surface area (Å²) in [4.78, 5) is 21.2. The molecular weight excluding hydrogens is 493 g/mol. The van der Waals surface area contributed by atoms with Crippen molar-refractivity contribution in [2.45, 2.75) is 11.8 Å². The Balaban J connectivity index is 0.00000363. The van der Waals surface area contributed by atoms with Gasteiger partial charge in [0, 0.05) is 13.1 Å². The van der Waals surface area contributed by atoms with E-state index in [1.807, 2.05) is 32.0 Å². The van der Waals surface area contributed by atoms with Crippen molar-refractivity contribution in [3.05, 3.63) is 47.0 Å². The predicted molar refractivity (Wildman–Crippen MR) is 133 cm³/mol. The number of aromatic nitrogens is 1. The average Bonchev–Trinajstić information content (AvgIpc) is 3.17. The molecule has 174 valence electrons. The van der Waals surface area contributed by atoms with Crippen LogP contribution in [0.2, 0.25) is 5.02 Å². The molecule has 0 unspecified atom stereocenters. The van der Waals surface area contributed by atoms with E-state index in [0.717, 1.165) is 10.3 Å². The second-order valence-electron chi connectivity index (χ2n) is 7.32. The first-order chi connectivity index (χ1) is 14.6. The lowest BCUT2D eigenvalue weighted by Gasteiger charge is -2.22. The molecule has 32 heavy (non-hydrogen) atoms. The van der Waals surface area contributed by atoms with Crippen LogP contribution in [0.1, 0.15) is 5.56 Å². The molecule has 0 N–H and O–H groups in total. The van der Waals surface area contributed by atoms with Crippen LogP contribution in [0.25, 0.3) is 10.2 Å². The van der Waals surface area contributed by atoms with Crippen LogP contribution in [0.4, 0.5) is 5.13 Å². The molecule has 0 aliphatic heterocycles. The molecule has 1 heterocycles. The Kier molecular flexibility index (Phi) is 8.90. The van der Waals surface area contributed by atoms with Gasteiger partial charge in [-0.3, -0.25) is 9.69 Å². The van der Waals surface area contributed by atoms with Crippen molar-refractivity contribution in [3.8, 4) is 5.75 Å². The lowest BCUT2D eigenvalue weighted by atomic mass is 10.2. The van der Waals surface area contributed by atoms with E-state index in [0.29, 0.717) is 34.5 Å². The Hall–Kier alpha value is -1.91. The highest BCUT2D eigenvalue weighted by Crippen LogP contribution is 2.35. The van der Waals surface area contributed by atoms with Crippen molar-refractivity contribution in [1.29, 1.82) is 0 Å². The molecule has 0 aliphatic rings. The maximum Gasteiger partial charge on any atom is 0.244 e. The number of methoxy groups -OCH3 is 1. The van der Waals surface area contributed by atoms with Crippen LogP contribution < -0.4 is 9.64 Å². The van der Waals surface area contributed by atoms with Crippen LogP contribution in [0.5, 0.6) is 5.75 Å². The summed E-state index contributed by atoms with van der Waals surface area (Å²) in [6.45, 7) is 2.78. The van der Waals surface area contributed by atoms with Crippen LogP contribution in [-0.4, -0.2) is 64.3 Å². The van der Waals surface area contributed by atoms with E-state index in [9.17, 15) is 13.2 Å². The quantitative estimate of drug-likeness (QED) is 0.448. The SMILES string of the molecule is COc1ccc(S(=O)(=O)CC(=O)N(CCN(C)C)c2nc3c(C)ccc(Cl)c3s2)cc1.Cl. The molecule has 2 aromatic carbocycles. The zero-order valence-corrected chi connectivity index (χ0v) is 21.4. The Morgan fingerprint density at radius 1 is 1.12 bits per heavy atom. The topological polar surface area (TPSA) is 79.8 Å². The summed E-state index contributed by atoms with van der Waals surface area (Å²) < 4.78 is 31.6. The molecule has 3 rings (SSSR count). The monoisotopic (exact) mass is 517 g/mol. The second-order valence-corrected chi connectivity index (χ2v) is 10.7. The average molecular weight is 518 g/mol. The van der Waals surface area contributed by atoms with Gasteiger partial charge in [-0.1, -0.05) is 29.0 Å². The summed E-state index contributed by atoms with van der Waals surface area (Å²) in [5.74, 6) is -0.653. The fourth-order valence-electron chi connectivity index (χ4n) is 2.94. The van der Waals surface area contributed by atoms with Crippen molar-refractivity contribution >= 4 is 66.4 Å². The molecule has 1 amide bonds. The second kappa shape index (κ2) is 10.8. The highest BCUT2D eigenvalue weighted by atomic mass is 35.5. The Morgan fingerprint density at radius 2 is 1.78 bits per heavy atom. The van der Waals surface area contributed by atoms with Gasteiger partial charge in [-0.2, -0.15) is 0 Å². The first-order valence-electron chi connectivity index (χ1n) is 9.50. The molecular formula is C21H25Cl2N3O4S2. The number of aryl methyl sites for hydroxylation is 1. The molecule has 0 saturated heterocycles. The normalized spacial score (nSPS) is 11.4. The third-order valence-electron chi connectivity index (χ3n) is 4.72. The molecule has 0 bridgehead atoms. The lowest BCUT2D eigenvalue weighted by Crippen LogP contribution is -2.40. The van der Waals surface area contributed by atoms with E-state index in [2.05, 4.69) is 4.98 Å².